The largest absolute Gasteiger partial charge is 0.486 e. The minimum Gasteiger partial charge on any atom is -0.486 e. The van der Waals surface area contributed by atoms with Crippen LogP contribution in [-0.4, -0.2) is 55.5 Å². The van der Waals surface area contributed by atoms with Crippen molar-refractivity contribution in [2.45, 2.75) is 26.2 Å². The van der Waals surface area contributed by atoms with Gasteiger partial charge in [0.05, 0.1) is 5.56 Å². The van der Waals surface area contributed by atoms with Gasteiger partial charge in [-0.1, -0.05) is 25.1 Å². The van der Waals surface area contributed by atoms with Crippen LogP contribution in [0.1, 0.15) is 52.5 Å². The molecule has 0 unspecified atom stereocenters. The van der Waals surface area contributed by atoms with Gasteiger partial charge in [0.25, 0.3) is 5.91 Å². The number of carbonyl (C=O) groups is 3. The second kappa shape index (κ2) is 9.85. The smallest absolute Gasteiger partial charge is 0.339 e. The lowest BCUT2D eigenvalue weighted by molar-refractivity contribution is -0.134. The zero-order valence-electron chi connectivity index (χ0n) is 18.2. The van der Waals surface area contributed by atoms with E-state index >= 15 is 0 Å². The van der Waals surface area contributed by atoms with Gasteiger partial charge in [-0.2, -0.15) is 0 Å². The number of benzene rings is 2. The molecule has 2 aliphatic rings. The zero-order valence-corrected chi connectivity index (χ0v) is 18.2. The highest BCUT2D eigenvalue weighted by Gasteiger charge is 2.27. The third kappa shape index (κ3) is 5.10. The van der Waals surface area contributed by atoms with Crippen LogP contribution in [0.2, 0.25) is 0 Å². The van der Waals surface area contributed by atoms with E-state index in [1.54, 1.807) is 41.3 Å². The topological polar surface area (TPSA) is 82.1 Å². The van der Waals surface area contributed by atoms with E-state index in [4.69, 9.17) is 14.2 Å². The second-order valence-corrected chi connectivity index (χ2v) is 8.09. The third-order valence-corrected chi connectivity index (χ3v) is 5.54. The molecule has 0 saturated heterocycles. The molecule has 0 N–H and O–H groups in total. The van der Waals surface area contributed by atoms with Gasteiger partial charge in [0, 0.05) is 24.2 Å². The highest BCUT2D eigenvalue weighted by atomic mass is 16.6. The average molecular weight is 437 g/mol. The molecule has 1 aliphatic heterocycles. The molecule has 0 radical (unpaired) electrons. The Bertz CT molecular complexity index is 1010. The van der Waals surface area contributed by atoms with Crippen LogP contribution in [0.4, 0.5) is 0 Å². The lowest BCUT2D eigenvalue weighted by Crippen LogP contribution is -2.37. The summed E-state index contributed by atoms with van der Waals surface area (Å²) < 4.78 is 16.4. The summed E-state index contributed by atoms with van der Waals surface area (Å²) in [5, 5.41) is 0. The molecule has 0 bridgehead atoms. The normalized spacial score (nSPS) is 14.5. The minimum absolute atomic E-state index is 0.129. The van der Waals surface area contributed by atoms with Crippen LogP contribution in [0.15, 0.2) is 42.5 Å². The Labute approximate surface area is 187 Å². The fraction of sp³-hybridized carbons (Fsp3) is 0.400. The molecule has 1 aliphatic carbocycles. The highest BCUT2D eigenvalue weighted by molar-refractivity contribution is 6.14. The average Bonchev–Trinajstić information content (AvgIpc) is 3.65. The molecular weight excluding hydrogens is 410 g/mol. The van der Waals surface area contributed by atoms with Gasteiger partial charge in [0.15, 0.2) is 23.9 Å². The summed E-state index contributed by atoms with van der Waals surface area (Å²) in [6, 6.07) is 11.4. The quantitative estimate of drug-likeness (QED) is 0.441. The molecule has 168 valence electrons. The van der Waals surface area contributed by atoms with Crippen molar-refractivity contribution in [3.63, 3.8) is 0 Å². The molecule has 1 fully saturated rings. The summed E-state index contributed by atoms with van der Waals surface area (Å²) in [5.41, 5.74) is 0.721. The summed E-state index contributed by atoms with van der Waals surface area (Å²) in [6.45, 7) is 3.91. The van der Waals surface area contributed by atoms with Crippen LogP contribution in [-0.2, 0) is 9.53 Å². The van der Waals surface area contributed by atoms with Gasteiger partial charge in [-0.25, -0.2) is 4.79 Å². The standard InChI is InChI=1S/C25H27NO6/c1-2-11-26(15-17-7-8-17)23(27)16-32-25(29)20-6-4-3-5-19(20)24(28)18-9-10-21-22(14-18)31-13-12-30-21/h3-6,9-10,14,17H,2,7-8,11-13,15-16H2,1H3. The fourth-order valence-corrected chi connectivity index (χ4v) is 3.70. The Balaban J connectivity index is 1.46. The van der Waals surface area contributed by atoms with Gasteiger partial charge >= 0.3 is 5.97 Å². The van der Waals surface area contributed by atoms with Gasteiger partial charge in [-0.3, -0.25) is 9.59 Å². The van der Waals surface area contributed by atoms with Gasteiger partial charge in [0.1, 0.15) is 13.2 Å². The van der Waals surface area contributed by atoms with Crippen molar-refractivity contribution in [2.24, 2.45) is 5.92 Å². The van der Waals surface area contributed by atoms with Crippen molar-refractivity contribution < 1.29 is 28.6 Å². The number of ketones is 1. The molecule has 7 heteroatoms. The van der Waals surface area contributed by atoms with Gasteiger partial charge in [-0.05, 0) is 49.4 Å². The predicted molar refractivity (Wildman–Crippen MR) is 117 cm³/mol. The summed E-state index contributed by atoms with van der Waals surface area (Å²) in [5.74, 6) is 0.416. The SMILES string of the molecule is CCCN(CC1CC1)C(=O)COC(=O)c1ccccc1C(=O)c1ccc2c(c1)OCCO2. The monoisotopic (exact) mass is 437 g/mol. The van der Waals surface area contributed by atoms with E-state index in [1.807, 2.05) is 6.92 Å². The first kappa shape index (κ1) is 21.9. The Morgan fingerprint density at radius 1 is 1.00 bits per heavy atom. The Hall–Kier alpha value is -3.35. The molecule has 1 saturated carbocycles. The molecular formula is C25H27NO6. The van der Waals surface area contributed by atoms with Crippen LogP contribution >= 0.6 is 0 Å². The van der Waals surface area contributed by atoms with Gasteiger partial charge in [-0.15, -0.1) is 0 Å². The molecule has 0 aromatic heterocycles. The maximum absolute atomic E-state index is 13.1. The van der Waals surface area contributed by atoms with E-state index in [9.17, 15) is 14.4 Å². The Morgan fingerprint density at radius 2 is 1.72 bits per heavy atom. The molecule has 2 aromatic rings. The molecule has 1 amide bonds. The summed E-state index contributed by atoms with van der Waals surface area (Å²) in [4.78, 5) is 40.2. The van der Waals surface area contributed by atoms with Crippen LogP contribution in [0.3, 0.4) is 0 Å². The molecule has 2 aromatic carbocycles. The van der Waals surface area contributed by atoms with Gasteiger partial charge in [0.2, 0.25) is 0 Å². The molecule has 4 rings (SSSR count). The molecule has 7 nitrogen and oxygen atoms in total. The Kier molecular flexibility index (Phi) is 6.73. The highest BCUT2D eigenvalue weighted by Crippen LogP contribution is 2.32. The van der Waals surface area contributed by atoms with E-state index in [-0.39, 0.29) is 29.4 Å². The van der Waals surface area contributed by atoms with Crippen LogP contribution in [0.5, 0.6) is 11.5 Å². The zero-order chi connectivity index (χ0) is 22.5. The lowest BCUT2D eigenvalue weighted by Gasteiger charge is -2.22. The fourth-order valence-electron chi connectivity index (χ4n) is 3.70. The summed E-state index contributed by atoms with van der Waals surface area (Å²) in [7, 11) is 0. The maximum atomic E-state index is 13.1. The van der Waals surface area contributed by atoms with E-state index < -0.39 is 5.97 Å². The number of nitrogens with zero attached hydrogens (tertiary/aromatic N) is 1. The number of hydrogen-bond donors (Lipinski definition) is 0. The van der Waals surface area contributed by atoms with Crippen molar-refractivity contribution in [3.05, 3.63) is 59.2 Å². The number of ether oxygens (including phenoxy) is 3. The van der Waals surface area contributed by atoms with Crippen LogP contribution in [0, 0.1) is 5.92 Å². The molecule has 0 atom stereocenters. The number of carbonyl (C=O) groups excluding carboxylic acids is 3. The first-order chi connectivity index (χ1) is 15.6. The minimum atomic E-state index is -0.692. The van der Waals surface area contributed by atoms with Gasteiger partial charge < -0.3 is 19.1 Å². The summed E-state index contributed by atoms with van der Waals surface area (Å²) >= 11 is 0. The molecule has 32 heavy (non-hydrogen) atoms. The molecule has 0 spiro atoms. The number of amides is 1. The summed E-state index contributed by atoms with van der Waals surface area (Å²) in [6.07, 6.45) is 3.13. The maximum Gasteiger partial charge on any atom is 0.339 e. The molecule has 1 heterocycles. The predicted octanol–water partition coefficient (Wildman–Crippen LogP) is 3.49. The van der Waals surface area contributed by atoms with Crippen molar-refractivity contribution in [1.82, 2.24) is 4.90 Å². The van der Waals surface area contributed by atoms with Crippen molar-refractivity contribution >= 4 is 17.7 Å². The van der Waals surface area contributed by atoms with E-state index in [1.165, 1.54) is 6.07 Å². The van der Waals surface area contributed by atoms with Crippen LogP contribution in [0.25, 0.3) is 0 Å². The number of hydrogen-bond acceptors (Lipinski definition) is 6. The van der Waals surface area contributed by atoms with E-state index in [2.05, 4.69) is 0 Å². The Morgan fingerprint density at radius 3 is 2.44 bits per heavy atom. The van der Waals surface area contributed by atoms with Crippen molar-refractivity contribution in [3.8, 4) is 11.5 Å². The number of fused-ring (bicyclic) bond motifs is 1. The first-order valence-electron chi connectivity index (χ1n) is 11.0. The van der Waals surface area contributed by atoms with E-state index in [0.29, 0.717) is 49.3 Å². The van der Waals surface area contributed by atoms with Crippen LogP contribution < -0.4 is 9.47 Å². The number of esters is 1. The second-order valence-electron chi connectivity index (χ2n) is 8.09. The first-order valence-corrected chi connectivity index (χ1v) is 11.0. The third-order valence-electron chi connectivity index (χ3n) is 5.54. The van der Waals surface area contributed by atoms with Crippen molar-refractivity contribution in [2.75, 3.05) is 32.9 Å². The van der Waals surface area contributed by atoms with E-state index in [0.717, 1.165) is 19.3 Å². The van der Waals surface area contributed by atoms with Crippen molar-refractivity contribution in [1.29, 1.82) is 0 Å². The number of rotatable bonds is 9. The lowest BCUT2D eigenvalue weighted by atomic mass is 9.98.